The van der Waals surface area contributed by atoms with Crippen molar-refractivity contribution in [2.75, 3.05) is 0 Å². The van der Waals surface area contributed by atoms with E-state index in [1.54, 1.807) is 6.92 Å². The molecule has 0 saturated carbocycles. The first kappa shape index (κ1) is 22.5. The lowest BCUT2D eigenvalue weighted by Crippen LogP contribution is -2.43. The van der Waals surface area contributed by atoms with Gasteiger partial charge in [-0.25, -0.2) is 0 Å². The van der Waals surface area contributed by atoms with Gasteiger partial charge >= 0.3 is 5.97 Å². The molecule has 0 unspecified atom stereocenters. The Balaban J connectivity index is 0.00000578. The van der Waals surface area contributed by atoms with Crippen LogP contribution in [-0.2, 0) is 14.3 Å². The standard InChI is InChI=1S/C24H38O6.H3N/c1-6-24(4,5)23(29)30-20-12-14(2)11-16-8-7-15(3)18(21(16)20)10-9-17(25)13-19(26)22(27)28;/h7-8,11,14-15,17-21,25-26H,6,9-10,12-13H2,1-5H3,(H,27,28);1H3/t14-,15-,17+,18-,19+,20-,21-;/m0./s1/i4D3;/t14-,15-,17+,18-,19+,20-,21-,24+;. The summed E-state index contributed by atoms with van der Waals surface area (Å²) in [5.41, 5.74) is -0.564. The van der Waals surface area contributed by atoms with Crippen LogP contribution in [0.5, 0.6) is 0 Å². The first-order chi connectivity index (χ1) is 15.2. The van der Waals surface area contributed by atoms with Gasteiger partial charge in [0.2, 0.25) is 0 Å². The minimum Gasteiger partial charge on any atom is -0.547 e. The van der Waals surface area contributed by atoms with E-state index in [0.717, 1.165) is 5.57 Å². The molecule has 2 aliphatic rings. The van der Waals surface area contributed by atoms with Crippen LogP contribution in [0.15, 0.2) is 23.8 Å². The number of carbonyl (C=O) groups excluding carboxylic acids is 2. The van der Waals surface area contributed by atoms with Crippen LogP contribution in [0.2, 0.25) is 0 Å². The molecule has 0 aliphatic heterocycles. The van der Waals surface area contributed by atoms with Gasteiger partial charge in [-0.05, 0) is 62.8 Å². The third-order valence-electron chi connectivity index (χ3n) is 6.61. The third-order valence-corrected chi connectivity index (χ3v) is 6.61. The van der Waals surface area contributed by atoms with Crippen molar-refractivity contribution in [1.82, 2.24) is 6.15 Å². The Bertz CT molecular complexity index is 783. The first-order valence-corrected chi connectivity index (χ1v) is 10.9. The van der Waals surface area contributed by atoms with Gasteiger partial charge in [0.05, 0.1) is 23.6 Å². The summed E-state index contributed by atoms with van der Waals surface area (Å²) < 4.78 is 29.5. The Hall–Kier alpha value is -1.70. The van der Waals surface area contributed by atoms with Gasteiger partial charge in [-0.2, -0.15) is 0 Å². The van der Waals surface area contributed by atoms with E-state index in [0.29, 0.717) is 12.8 Å². The van der Waals surface area contributed by atoms with E-state index in [4.69, 9.17) is 8.85 Å². The lowest BCUT2D eigenvalue weighted by Gasteiger charge is -2.44. The average molecular weight is 443 g/mol. The number of carbonyl (C=O) groups is 2. The monoisotopic (exact) mass is 442 g/mol. The molecule has 6 N–H and O–H groups in total. The number of carboxylic acids is 1. The molecule has 7 heteroatoms. The lowest BCUT2D eigenvalue weighted by molar-refractivity contribution is -0.315. The molecule has 178 valence electrons. The van der Waals surface area contributed by atoms with Gasteiger partial charge in [0.15, 0.2) is 0 Å². The van der Waals surface area contributed by atoms with Gasteiger partial charge in [-0.1, -0.05) is 39.0 Å². The fourth-order valence-electron chi connectivity index (χ4n) is 4.49. The van der Waals surface area contributed by atoms with Crippen molar-refractivity contribution >= 4 is 11.9 Å². The summed E-state index contributed by atoms with van der Waals surface area (Å²) in [6.07, 6.45) is 4.21. The van der Waals surface area contributed by atoms with E-state index < -0.39 is 42.5 Å². The number of allylic oxidation sites excluding steroid dienone is 3. The first-order valence-electron chi connectivity index (χ1n) is 12.4. The van der Waals surface area contributed by atoms with Gasteiger partial charge in [0.25, 0.3) is 0 Å². The topological polar surface area (TPSA) is 143 Å². The van der Waals surface area contributed by atoms with Crippen molar-refractivity contribution in [2.45, 2.75) is 85.0 Å². The molecule has 0 aromatic rings. The predicted octanol–water partition coefficient (Wildman–Crippen LogP) is 2.76. The van der Waals surface area contributed by atoms with E-state index in [9.17, 15) is 24.9 Å². The third kappa shape index (κ3) is 6.89. The molecule has 0 radical (unpaired) electrons. The molecule has 0 saturated heterocycles. The Kier molecular flexibility index (Phi) is 8.16. The van der Waals surface area contributed by atoms with Gasteiger partial charge in [0.1, 0.15) is 6.10 Å². The van der Waals surface area contributed by atoms with Gasteiger partial charge < -0.3 is 31.0 Å². The van der Waals surface area contributed by atoms with Crippen LogP contribution in [0, 0.1) is 29.1 Å². The number of hydrogen-bond acceptors (Lipinski definition) is 6. The van der Waals surface area contributed by atoms with Crippen molar-refractivity contribution in [3.05, 3.63) is 23.8 Å². The van der Waals surface area contributed by atoms with Crippen molar-refractivity contribution in [3.8, 4) is 0 Å². The van der Waals surface area contributed by atoms with Gasteiger partial charge in [-0.3, -0.25) is 4.79 Å². The SMILES string of the molecule is [2H]C([2H])([2H])[C@@](C)(CC)C(=O)O[C@H]1C[C@@H](C)C=C2C=C[C@H](C)[C@H](CC[C@@H](O)C[C@@H](O)C(=O)[O-])[C@H]21.[NH4+]. The number of aliphatic hydroxyl groups excluding tert-OH is 2. The number of esters is 1. The maximum atomic E-state index is 13.1. The van der Waals surface area contributed by atoms with Crippen molar-refractivity contribution in [1.29, 1.82) is 0 Å². The van der Waals surface area contributed by atoms with E-state index in [2.05, 4.69) is 12.2 Å². The molecule has 0 spiro atoms. The molecule has 7 nitrogen and oxygen atoms in total. The summed E-state index contributed by atoms with van der Waals surface area (Å²) in [6, 6.07) is 0. The quantitative estimate of drug-likeness (QED) is 0.468. The molecule has 2 rings (SSSR count). The van der Waals surface area contributed by atoms with Crippen molar-refractivity contribution < 1.29 is 33.8 Å². The molecule has 0 amide bonds. The van der Waals surface area contributed by atoms with Crippen molar-refractivity contribution in [2.24, 2.45) is 29.1 Å². The molecule has 0 heterocycles. The fraction of sp³-hybridized carbons (Fsp3) is 0.750. The Morgan fingerprint density at radius 2 is 2.06 bits per heavy atom. The maximum absolute atomic E-state index is 13.1. The highest BCUT2D eigenvalue weighted by Crippen LogP contribution is 2.45. The maximum Gasteiger partial charge on any atom is 0.311 e. The van der Waals surface area contributed by atoms with E-state index in [1.165, 1.54) is 6.92 Å². The highest BCUT2D eigenvalue weighted by molar-refractivity contribution is 5.76. The molecular weight excluding hydrogens is 398 g/mol. The smallest absolute Gasteiger partial charge is 0.311 e. The molecule has 0 aromatic heterocycles. The Labute approximate surface area is 190 Å². The summed E-state index contributed by atoms with van der Waals surface area (Å²) in [4.78, 5) is 23.8. The number of hydrogen-bond donors (Lipinski definition) is 3. The summed E-state index contributed by atoms with van der Waals surface area (Å²) in [5.74, 6) is -2.23. The normalized spacial score (nSPS) is 33.2. The van der Waals surface area contributed by atoms with Crippen LogP contribution in [0.3, 0.4) is 0 Å². The zero-order chi connectivity index (χ0) is 25.1. The Morgan fingerprint density at radius 3 is 2.65 bits per heavy atom. The average Bonchev–Trinajstić information content (AvgIpc) is 2.71. The minimum absolute atomic E-state index is 0. The number of aliphatic carboxylic acids is 1. The van der Waals surface area contributed by atoms with Crippen LogP contribution in [0.25, 0.3) is 0 Å². The summed E-state index contributed by atoms with van der Waals surface area (Å²) in [7, 11) is 0. The second-order valence-electron chi connectivity index (χ2n) is 9.22. The second-order valence-corrected chi connectivity index (χ2v) is 9.22. The molecular formula is C24H41NO6. The van der Waals surface area contributed by atoms with Crippen LogP contribution >= 0.6 is 0 Å². The molecule has 0 fully saturated rings. The van der Waals surface area contributed by atoms with E-state index in [1.807, 2.05) is 19.9 Å². The zero-order valence-electron chi connectivity index (χ0n) is 22.3. The summed E-state index contributed by atoms with van der Waals surface area (Å²) >= 11 is 0. The summed E-state index contributed by atoms with van der Waals surface area (Å²) in [5, 5.41) is 30.5. The molecule has 0 aromatic carbocycles. The molecule has 31 heavy (non-hydrogen) atoms. The second kappa shape index (κ2) is 11.2. The predicted molar refractivity (Wildman–Crippen MR) is 118 cm³/mol. The van der Waals surface area contributed by atoms with Crippen molar-refractivity contribution in [3.63, 3.8) is 0 Å². The Morgan fingerprint density at radius 1 is 1.39 bits per heavy atom. The molecule has 8 atom stereocenters. The van der Waals surface area contributed by atoms with E-state index >= 15 is 0 Å². The fourth-order valence-corrected chi connectivity index (χ4v) is 4.49. The van der Waals surface area contributed by atoms with Crippen LogP contribution < -0.4 is 11.3 Å². The molecule has 0 bridgehead atoms. The number of quaternary nitrogens is 1. The number of carboxylic acid groups (broad SMARTS) is 1. The minimum atomic E-state index is -2.49. The van der Waals surface area contributed by atoms with Crippen LogP contribution in [0.4, 0.5) is 0 Å². The molecule has 2 aliphatic carbocycles. The highest BCUT2D eigenvalue weighted by Gasteiger charge is 2.42. The lowest BCUT2D eigenvalue weighted by atomic mass is 9.65. The summed E-state index contributed by atoms with van der Waals surface area (Å²) in [6.45, 7) is 4.67. The van der Waals surface area contributed by atoms with Gasteiger partial charge in [0, 0.05) is 16.5 Å². The van der Waals surface area contributed by atoms with E-state index in [-0.39, 0.29) is 49.1 Å². The number of ether oxygens (including phenoxy) is 1. The van der Waals surface area contributed by atoms with Gasteiger partial charge in [-0.15, -0.1) is 0 Å². The van der Waals surface area contributed by atoms with Crippen LogP contribution in [-0.4, -0.2) is 40.5 Å². The van der Waals surface area contributed by atoms with Crippen LogP contribution in [0.1, 0.15) is 70.8 Å². The number of fused-ring (bicyclic) bond motifs is 1. The highest BCUT2D eigenvalue weighted by atomic mass is 16.5. The zero-order valence-corrected chi connectivity index (χ0v) is 19.3. The number of rotatable bonds is 9. The largest absolute Gasteiger partial charge is 0.547 e. The number of aliphatic hydroxyl groups is 2.